The van der Waals surface area contributed by atoms with Crippen molar-refractivity contribution >= 4 is 17.3 Å². The largest absolute Gasteiger partial charge is 0.366 e. The molecule has 1 fully saturated rings. The van der Waals surface area contributed by atoms with Gasteiger partial charge in [0.05, 0.1) is 11.0 Å². The number of nitrogens with one attached hydrogen (secondary N) is 1. The summed E-state index contributed by atoms with van der Waals surface area (Å²) in [6.07, 6.45) is 3.05. The van der Waals surface area contributed by atoms with Gasteiger partial charge in [0.25, 0.3) is 11.6 Å². The van der Waals surface area contributed by atoms with Gasteiger partial charge >= 0.3 is 0 Å². The van der Waals surface area contributed by atoms with Gasteiger partial charge in [-0.1, -0.05) is 12.1 Å². The highest BCUT2D eigenvalue weighted by Crippen LogP contribution is 2.31. The Hall–Kier alpha value is -3.47. The fourth-order valence-electron chi connectivity index (χ4n) is 3.27. The number of amides is 1. The maximum Gasteiger partial charge on any atom is 0.293 e. The van der Waals surface area contributed by atoms with Crippen molar-refractivity contribution in [1.29, 1.82) is 5.26 Å². The van der Waals surface area contributed by atoms with E-state index in [1.165, 1.54) is 36.4 Å². The van der Waals surface area contributed by atoms with E-state index in [1.807, 2.05) is 11.0 Å². The van der Waals surface area contributed by atoms with Crippen molar-refractivity contribution in [2.24, 2.45) is 0 Å². The Morgan fingerprint density at radius 3 is 2.46 bits per heavy atom. The van der Waals surface area contributed by atoms with Gasteiger partial charge in [0, 0.05) is 24.7 Å². The van der Waals surface area contributed by atoms with E-state index in [2.05, 4.69) is 5.32 Å². The third-order valence-corrected chi connectivity index (χ3v) is 4.74. The number of nitro groups is 1. The van der Waals surface area contributed by atoms with E-state index >= 15 is 0 Å². The normalized spacial score (nSPS) is 14.8. The van der Waals surface area contributed by atoms with Gasteiger partial charge in [-0.2, -0.15) is 5.26 Å². The summed E-state index contributed by atoms with van der Waals surface area (Å²) in [4.78, 5) is 25.5. The van der Waals surface area contributed by atoms with E-state index in [1.54, 1.807) is 6.07 Å². The second-order valence-electron chi connectivity index (χ2n) is 6.60. The quantitative estimate of drug-likeness (QED) is 0.628. The average Bonchev–Trinajstić information content (AvgIpc) is 2.72. The molecule has 1 N–H and O–H groups in total. The summed E-state index contributed by atoms with van der Waals surface area (Å²) in [5.41, 5.74) is 0.882. The summed E-state index contributed by atoms with van der Waals surface area (Å²) in [7, 11) is 0. The molecular weight excluding hydrogens is 363 g/mol. The number of rotatable bonds is 5. The molecule has 1 saturated heterocycles. The number of carbonyl (C=O) groups is 1. The van der Waals surface area contributed by atoms with Crippen LogP contribution in [0, 0.1) is 27.3 Å². The number of piperidine rings is 1. The Bertz CT molecular complexity index is 918. The molecule has 8 heteroatoms. The van der Waals surface area contributed by atoms with Crippen LogP contribution in [0.15, 0.2) is 42.5 Å². The van der Waals surface area contributed by atoms with E-state index < -0.39 is 22.7 Å². The lowest BCUT2D eigenvalue weighted by atomic mass is 10.1. The van der Waals surface area contributed by atoms with Crippen LogP contribution in [0.2, 0.25) is 0 Å². The summed E-state index contributed by atoms with van der Waals surface area (Å²) < 4.78 is 13.1. The number of anilines is 1. The van der Waals surface area contributed by atoms with Gasteiger partial charge in [-0.3, -0.25) is 14.9 Å². The number of nitriles is 1. The summed E-state index contributed by atoms with van der Waals surface area (Å²) in [6.45, 7) is 1.49. The zero-order chi connectivity index (χ0) is 20.1. The van der Waals surface area contributed by atoms with E-state index in [4.69, 9.17) is 0 Å². The van der Waals surface area contributed by atoms with Crippen LogP contribution in [-0.2, 0) is 0 Å². The molecule has 0 aromatic heterocycles. The van der Waals surface area contributed by atoms with Crippen LogP contribution in [0.4, 0.5) is 15.8 Å². The number of halogens is 1. The molecule has 1 amide bonds. The van der Waals surface area contributed by atoms with Crippen LogP contribution >= 0.6 is 0 Å². The topological polar surface area (TPSA) is 99.3 Å². The molecule has 0 bridgehead atoms. The lowest BCUT2D eigenvalue weighted by Crippen LogP contribution is -2.30. The molecule has 0 radical (unpaired) electrons. The standard InChI is InChI=1S/C20H19FN4O3/c21-16-7-4-14(5-8-16)17(13-22)23-20(26)15-6-9-18(19(12-15)25(27)28)24-10-2-1-3-11-24/h4-9,12,17H,1-3,10-11H2,(H,23,26)/t17-/m0/s1. The van der Waals surface area contributed by atoms with Crippen LogP contribution in [0.25, 0.3) is 0 Å². The first kappa shape index (κ1) is 19.3. The molecule has 0 aliphatic carbocycles. The lowest BCUT2D eigenvalue weighted by Gasteiger charge is -2.28. The van der Waals surface area contributed by atoms with Crippen molar-refractivity contribution in [3.05, 3.63) is 69.5 Å². The monoisotopic (exact) mass is 382 g/mol. The van der Waals surface area contributed by atoms with Crippen LogP contribution in [0.3, 0.4) is 0 Å². The Kier molecular flexibility index (Phi) is 5.84. The van der Waals surface area contributed by atoms with E-state index in [-0.39, 0.29) is 11.3 Å². The van der Waals surface area contributed by atoms with Crippen molar-refractivity contribution in [1.82, 2.24) is 5.32 Å². The highest BCUT2D eigenvalue weighted by molar-refractivity contribution is 5.96. The summed E-state index contributed by atoms with van der Waals surface area (Å²) in [5.74, 6) is -1.06. The summed E-state index contributed by atoms with van der Waals surface area (Å²) in [5, 5.41) is 23.4. The Morgan fingerprint density at radius 2 is 1.86 bits per heavy atom. The predicted octanol–water partition coefficient (Wildman–Crippen LogP) is 3.72. The Labute approximate surface area is 161 Å². The van der Waals surface area contributed by atoms with Gasteiger partial charge in [0.15, 0.2) is 0 Å². The molecule has 1 aliphatic rings. The SMILES string of the molecule is N#C[C@H](NC(=O)c1ccc(N2CCCCC2)c([N+](=O)[O-])c1)c1ccc(F)cc1. The molecule has 0 spiro atoms. The zero-order valence-corrected chi connectivity index (χ0v) is 15.1. The number of carbonyl (C=O) groups excluding carboxylic acids is 1. The van der Waals surface area contributed by atoms with Gasteiger partial charge in [-0.25, -0.2) is 4.39 Å². The second-order valence-corrected chi connectivity index (χ2v) is 6.60. The summed E-state index contributed by atoms with van der Waals surface area (Å²) >= 11 is 0. The summed E-state index contributed by atoms with van der Waals surface area (Å²) in [6, 6.07) is 10.5. The molecule has 2 aromatic rings. The van der Waals surface area contributed by atoms with Crippen LogP contribution in [-0.4, -0.2) is 23.9 Å². The smallest absolute Gasteiger partial charge is 0.293 e. The molecule has 0 saturated carbocycles. The fourth-order valence-corrected chi connectivity index (χ4v) is 3.27. The maximum atomic E-state index is 13.1. The molecule has 28 heavy (non-hydrogen) atoms. The van der Waals surface area contributed by atoms with E-state index in [9.17, 15) is 24.6 Å². The zero-order valence-electron chi connectivity index (χ0n) is 15.1. The van der Waals surface area contributed by atoms with Crippen molar-refractivity contribution in [3.8, 4) is 6.07 Å². The van der Waals surface area contributed by atoms with Gasteiger partial charge in [-0.15, -0.1) is 0 Å². The van der Waals surface area contributed by atoms with Gasteiger partial charge in [0.2, 0.25) is 0 Å². The third kappa shape index (κ3) is 4.26. The average molecular weight is 382 g/mol. The van der Waals surface area contributed by atoms with Gasteiger partial charge < -0.3 is 10.2 Å². The number of nitro benzene ring substituents is 1. The number of hydrogen-bond acceptors (Lipinski definition) is 5. The number of benzene rings is 2. The Morgan fingerprint density at radius 1 is 1.18 bits per heavy atom. The highest BCUT2D eigenvalue weighted by atomic mass is 19.1. The first-order valence-corrected chi connectivity index (χ1v) is 8.99. The fraction of sp³-hybridized carbons (Fsp3) is 0.300. The van der Waals surface area contributed by atoms with Crippen molar-refractivity contribution in [2.75, 3.05) is 18.0 Å². The van der Waals surface area contributed by atoms with Gasteiger partial charge in [-0.05, 0) is 49.1 Å². The molecule has 1 aliphatic heterocycles. The Balaban J connectivity index is 1.83. The van der Waals surface area contributed by atoms with Crippen LogP contribution < -0.4 is 10.2 Å². The highest BCUT2D eigenvalue weighted by Gasteiger charge is 2.24. The number of hydrogen-bond donors (Lipinski definition) is 1. The predicted molar refractivity (Wildman–Crippen MR) is 101 cm³/mol. The second kappa shape index (κ2) is 8.48. The molecule has 1 heterocycles. The molecule has 3 rings (SSSR count). The molecular formula is C20H19FN4O3. The van der Waals surface area contributed by atoms with Gasteiger partial charge in [0.1, 0.15) is 17.5 Å². The molecule has 144 valence electrons. The maximum absolute atomic E-state index is 13.1. The van der Waals surface area contributed by atoms with E-state index in [0.29, 0.717) is 11.3 Å². The minimum absolute atomic E-state index is 0.0924. The molecule has 2 aromatic carbocycles. The minimum atomic E-state index is -0.992. The molecule has 7 nitrogen and oxygen atoms in total. The minimum Gasteiger partial charge on any atom is -0.366 e. The van der Waals surface area contributed by atoms with Crippen LogP contribution in [0.1, 0.15) is 41.2 Å². The van der Waals surface area contributed by atoms with Crippen molar-refractivity contribution in [3.63, 3.8) is 0 Å². The third-order valence-electron chi connectivity index (χ3n) is 4.74. The van der Waals surface area contributed by atoms with Crippen molar-refractivity contribution < 1.29 is 14.1 Å². The number of nitrogens with zero attached hydrogens (tertiary/aromatic N) is 3. The van der Waals surface area contributed by atoms with Crippen molar-refractivity contribution in [2.45, 2.75) is 25.3 Å². The molecule has 1 atom stereocenters. The van der Waals surface area contributed by atoms with E-state index in [0.717, 1.165) is 32.4 Å². The first-order valence-electron chi connectivity index (χ1n) is 8.99. The van der Waals surface area contributed by atoms with Crippen LogP contribution in [0.5, 0.6) is 0 Å². The molecule has 0 unspecified atom stereocenters. The lowest BCUT2D eigenvalue weighted by molar-refractivity contribution is -0.384. The first-order chi connectivity index (χ1) is 13.5.